The van der Waals surface area contributed by atoms with Gasteiger partial charge >= 0.3 is 0 Å². The Morgan fingerprint density at radius 1 is 0.929 bits per heavy atom. The van der Waals surface area contributed by atoms with E-state index < -0.39 is 0 Å². The number of ether oxygens (including phenoxy) is 2. The van der Waals surface area contributed by atoms with E-state index in [9.17, 15) is 9.59 Å². The zero-order valence-corrected chi connectivity index (χ0v) is 17.4. The van der Waals surface area contributed by atoms with E-state index in [1.165, 1.54) is 5.56 Å². The average Bonchev–Trinajstić information content (AvgIpc) is 2.72. The normalized spacial score (nSPS) is 17.5. The molecule has 0 aliphatic carbocycles. The number of fused-ring (bicyclic) bond motifs is 1. The topological polar surface area (TPSA) is 62.3 Å². The third-order valence-electron chi connectivity index (χ3n) is 5.61. The maximum Gasteiger partial charge on any atom is 0.237 e. The monoisotopic (exact) mass is 389 g/mol. The first kappa shape index (κ1) is 20.5. The molecular formula is C21H31N3O4. The number of nitrogens with zero attached hydrogens (tertiary/aromatic N) is 3. The van der Waals surface area contributed by atoms with E-state index in [1.54, 1.807) is 14.2 Å². The molecule has 7 heteroatoms. The first-order chi connectivity index (χ1) is 13.4. The minimum absolute atomic E-state index is 0.0252. The van der Waals surface area contributed by atoms with E-state index in [0.29, 0.717) is 38.5 Å². The van der Waals surface area contributed by atoms with Gasteiger partial charge in [-0.3, -0.25) is 14.5 Å². The maximum absolute atomic E-state index is 12.8. The van der Waals surface area contributed by atoms with Gasteiger partial charge < -0.3 is 19.3 Å². The molecule has 1 fully saturated rings. The van der Waals surface area contributed by atoms with E-state index in [1.807, 2.05) is 35.8 Å². The first-order valence-electron chi connectivity index (χ1n) is 9.95. The van der Waals surface area contributed by atoms with Gasteiger partial charge in [0.1, 0.15) is 0 Å². The van der Waals surface area contributed by atoms with E-state index >= 15 is 0 Å². The van der Waals surface area contributed by atoms with Crippen LogP contribution in [0.3, 0.4) is 0 Å². The van der Waals surface area contributed by atoms with Gasteiger partial charge in [0.2, 0.25) is 11.8 Å². The Morgan fingerprint density at radius 2 is 1.54 bits per heavy atom. The van der Waals surface area contributed by atoms with Crippen molar-refractivity contribution >= 4 is 11.8 Å². The summed E-state index contributed by atoms with van der Waals surface area (Å²) in [5, 5.41) is 0. The molecule has 28 heavy (non-hydrogen) atoms. The maximum atomic E-state index is 12.8. The molecule has 2 aliphatic rings. The van der Waals surface area contributed by atoms with Gasteiger partial charge in [0.15, 0.2) is 11.5 Å². The highest BCUT2D eigenvalue weighted by Gasteiger charge is 2.27. The zero-order valence-electron chi connectivity index (χ0n) is 17.4. The highest BCUT2D eigenvalue weighted by molar-refractivity contribution is 5.79. The van der Waals surface area contributed by atoms with Crippen LogP contribution in [0.25, 0.3) is 0 Å². The molecule has 1 aromatic carbocycles. The highest BCUT2D eigenvalue weighted by Crippen LogP contribution is 2.33. The quantitative estimate of drug-likeness (QED) is 0.762. The van der Waals surface area contributed by atoms with Gasteiger partial charge in [-0.1, -0.05) is 13.8 Å². The van der Waals surface area contributed by atoms with Gasteiger partial charge in [-0.05, 0) is 29.7 Å². The lowest BCUT2D eigenvalue weighted by atomic mass is 9.98. The summed E-state index contributed by atoms with van der Waals surface area (Å²) in [5.41, 5.74) is 2.33. The SMILES string of the molecule is COc1cc2c(cc1OC)CN(C(=O)CN1CCN(C(=O)C(C)C)CC1)CC2. The fourth-order valence-electron chi connectivity index (χ4n) is 3.88. The minimum Gasteiger partial charge on any atom is -0.493 e. The van der Waals surface area contributed by atoms with Crippen LogP contribution in [0, 0.1) is 5.92 Å². The second-order valence-corrected chi connectivity index (χ2v) is 7.80. The Kier molecular flexibility index (Phi) is 6.44. The highest BCUT2D eigenvalue weighted by atomic mass is 16.5. The van der Waals surface area contributed by atoms with Crippen molar-refractivity contribution < 1.29 is 19.1 Å². The number of piperazine rings is 1. The van der Waals surface area contributed by atoms with E-state index in [-0.39, 0.29) is 17.7 Å². The van der Waals surface area contributed by atoms with E-state index in [2.05, 4.69) is 4.90 Å². The minimum atomic E-state index is 0.0252. The van der Waals surface area contributed by atoms with Crippen molar-refractivity contribution in [1.29, 1.82) is 0 Å². The van der Waals surface area contributed by atoms with Crippen molar-refractivity contribution in [1.82, 2.24) is 14.7 Å². The third kappa shape index (κ3) is 4.41. The molecule has 3 rings (SSSR count). The number of amides is 2. The number of hydrogen-bond acceptors (Lipinski definition) is 5. The second-order valence-electron chi connectivity index (χ2n) is 7.80. The molecule has 0 saturated carbocycles. The Hall–Kier alpha value is -2.28. The van der Waals surface area contributed by atoms with Crippen LogP contribution >= 0.6 is 0 Å². The van der Waals surface area contributed by atoms with Gasteiger partial charge in [-0.25, -0.2) is 0 Å². The second kappa shape index (κ2) is 8.82. The number of carbonyl (C=O) groups is 2. The number of methoxy groups -OCH3 is 2. The lowest BCUT2D eigenvalue weighted by Gasteiger charge is -2.37. The molecule has 154 valence electrons. The summed E-state index contributed by atoms with van der Waals surface area (Å²) >= 11 is 0. The molecule has 0 radical (unpaired) electrons. The van der Waals surface area contributed by atoms with Crippen LogP contribution < -0.4 is 9.47 Å². The molecule has 0 bridgehead atoms. The summed E-state index contributed by atoms with van der Waals surface area (Å²) in [4.78, 5) is 30.9. The van der Waals surface area contributed by atoms with Gasteiger partial charge in [-0.2, -0.15) is 0 Å². The van der Waals surface area contributed by atoms with Crippen molar-refractivity contribution in [2.45, 2.75) is 26.8 Å². The fourth-order valence-corrected chi connectivity index (χ4v) is 3.88. The van der Waals surface area contributed by atoms with Crippen molar-refractivity contribution in [3.8, 4) is 11.5 Å². The molecule has 0 atom stereocenters. The number of carbonyl (C=O) groups excluding carboxylic acids is 2. The van der Waals surface area contributed by atoms with Gasteiger partial charge in [0.05, 0.1) is 20.8 Å². The van der Waals surface area contributed by atoms with Crippen LogP contribution in [0.5, 0.6) is 11.5 Å². The van der Waals surface area contributed by atoms with Gasteiger partial charge in [0, 0.05) is 45.2 Å². The summed E-state index contributed by atoms with van der Waals surface area (Å²) in [6.07, 6.45) is 0.818. The van der Waals surface area contributed by atoms with Crippen LogP contribution in [0.1, 0.15) is 25.0 Å². The molecule has 7 nitrogen and oxygen atoms in total. The summed E-state index contributed by atoms with van der Waals surface area (Å²) in [6, 6.07) is 3.99. The van der Waals surface area contributed by atoms with Gasteiger partial charge in [0.25, 0.3) is 0 Å². The zero-order chi connectivity index (χ0) is 20.3. The Balaban J connectivity index is 1.56. The van der Waals surface area contributed by atoms with E-state index in [4.69, 9.17) is 9.47 Å². The predicted octanol–water partition coefficient (Wildman–Crippen LogP) is 1.39. The lowest BCUT2D eigenvalue weighted by Crippen LogP contribution is -2.52. The fraction of sp³-hybridized carbons (Fsp3) is 0.619. The molecule has 2 aliphatic heterocycles. The van der Waals surface area contributed by atoms with E-state index in [0.717, 1.165) is 30.8 Å². The summed E-state index contributed by atoms with van der Waals surface area (Å²) in [7, 11) is 3.26. The standard InChI is InChI=1S/C21H31N3O4/c1-15(2)21(26)23-9-7-22(8-10-23)14-20(25)24-6-5-16-11-18(27-3)19(28-4)12-17(16)13-24/h11-12,15H,5-10,13-14H2,1-4H3. The number of hydrogen-bond donors (Lipinski definition) is 0. The number of benzene rings is 1. The average molecular weight is 389 g/mol. The van der Waals surface area contributed by atoms with Crippen molar-refractivity contribution in [2.24, 2.45) is 5.92 Å². The van der Waals surface area contributed by atoms with Crippen LogP contribution in [-0.4, -0.2) is 80.0 Å². The van der Waals surface area contributed by atoms with Crippen molar-refractivity contribution in [3.63, 3.8) is 0 Å². The molecular weight excluding hydrogens is 358 g/mol. The lowest BCUT2D eigenvalue weighted by molar-refractivity contribution is -0.137. The molecule has 0 spiro atoms. The molecule has 0 unspecified atom stereocenters. The van der Waals surface area contributed by atoms with Crippen LogP contribution in [-0.2, 0) is 22.6 Å². The van der Waals surface area contributed by atoms with Gasteiger partial charge in [-0.15, -0.1) is 0 Å². The van der Waals surface area contributed by atoms with Crippen LogP contribution in [0.4, 0.5) is 0 Å². The molecule has 2 amide bonds. The third-order valence-corrected chi connectivity index (χ3v) is 5.61. The largest absolute Gasteiger partial charge is 0.493 e. The van der Waals surface area contributed by atoms with Crippen LogP contribution in [0.2, 0.25) is 0 Å². The Morgan fingerprint density at radius 3 is 2.11 bits per heavy atom. The Bertz CT molecular complexity index is 727. The first-order valence-corrected chi connectivity index (χ1v) is 9.95. The van der Waals surface area contributed by atoms with Crippen molar-refractivity contribution in [3.05, 3.63) is 23.3 Å². The summed E-state index contributed by atoms with van der Waals surface area (Å²) in [6.45, 7) is 8.47. The molecule has 0 N–H and O–H groups in total. The van der Waals surface area contributed by atoms with Crippen molar-refractivity contribution in [2.75, 3.05) is 53.5 Å². The summed E-state index contributed by atoms with van der Waals surface area (Å²) in [5.74, 6) is 1.79. The smallest absolute Gasteiger partial charge is 0.237 e. The molecule has 1 saturated heterocycles. The predicted molar refractivity (Wildman–Crippen MR) is 107 cm³/mol. The summed E-state index contributed by atoms with van der Waals surface area (Å²) < 4.78 is 10.8. The molecule has 1 aromatic rings. The number of rotatable bonds is 5. The Labute approximate surface area is 167 Å². The molecule has 2 heterocycles. The molecule has 0 aromatic heterocycles. The van der Waals surface area contributed by atoms with Crippen LogP contribution in [0.15, 0.2) is 12.1 Å².